The highest BCUT2D eigenvalue weighted by Crippen LogP contribution is 2.32. The van der Waals surface area contributed by atoms with E-state index in [9.17, 15) is 4.79 Å². The van der Waals surface area contributed by atoms with Crippen LogP contribution in [-0.2, 0) is 13.1 Å². The molecule has 2 aliphatic heterocycles. The number of aryl methyl sites for hydroxylation is 2. The number of amides is 2. The monoisotopic (exact) mass is 532 g/mol. The molecular weight excluding hydrogens is 495 g/mol. The molecule has 0 radical (unpaired) electrons. The van der Waals surface area contributed by atoms with Gasteiger partial charge in [0.05, 0.1) is 21.1 Å². The average Bonchev–Trinajstić information content (AvgIpc) is 2.87. The van der Waals surface area contributed by atoms with Crippen molar-refractivity contribution < 1.29 is 4.79 Å². The Morgan fingerprint density at radius 1 is 0.778 bits per heavy atom. The zero-order valence-corrected chi connectivity index (χ0v) is 22.9. The van der Waals surface area contributed by atoms with Gasteiger partial charge >= 0.3 is 6.03 Å². The number of piperidine rings is 2. The Kier molecular flexibility index (Phi) is 9.10. The fourth-order valence-electron chi connectivity index (χ4n) is 4.79. The predicted molar refractivity (Wildman–Crippen MR) is 146 cm³/mol. The number of nitrogens with zero attached hydrogens (tertiary/aromatic N) is 4. The molecule has 0 unspecified atom stereocenters. The number of hydrogen-bond acceptors (Lipinski definition) is 5. The standard InChI is InChI=1S/C27H38Cl2N6O/c1-21-3-5-23(32-15-21)17-30-19-26(28)7-11-34(12-8-26)25(36)35-13-9-27(29,10-14-35)20-31-18-24-6-4-22(2)16-33-24/h3-6,15-16,30-31H,7-14,17-20H2,1-2H3. The minimum Gasteiger partial charge on any atom is -0.325 e. The van der Waals surface area contributed by atoms with Gasteiger partial charge in [0.2, 0.25) is 0 Å². The topological polar surface area (TPSA) is 73.4 Å². The lowest BCUT2D eigenvalue weighted by Gasteiger charge is -2.43. The Balaban J connectivity index is 1.15. The quantitative estimate of drug-likeness (QED) is 0.497. The molecule has 4 heterocycles. The number of pyridine rings is 2. The second kappa shape index (κ2) is 12.1. The van der Waals surface area contributed by atoms with Crippen molar-refractivity contribution in [3.63, 3.8) is 0 Å². The lowest BCUT2D eigenvalue weighted by atomic mass is 9.94. The summed E-state index contributed by atoms with van der Waals surface area (Å²) in [5.41, 5.74) is 4.33. The number of urea groups is 1. The van der Waals surface area contributed by atoms with Crippen LogP contribution in [0.5, 0.6) is 0 Å². The zero-order valence-electron chi connectivity index (χ0n) is 21.4. The van der Waals surface area contributed by atoms with Crippen molar-refractivity contribution in [1.82, 2.24) is 30.4 Å². The molecule has 0 atom stereocenters. The molecule has 0 saturated carbocycles. The first-order valence-corrected chi connectivity index (χ1v) is 13.7. The van der Waals surface area contributed by atoms with Crippen LogP contribution in [-0.4, -0.2) is 74.8 Å². The number of likely N-dealkylation sites (tertiary alicyclic amines) is 2. The van der Waals surface area contributed by atoms with Gasteiger partial charge in [0.15, 0.2) is 0 Å². The molecule has 2 fully saturated rings. The lowest BCUT2D eigenvalue weighted by Crippen LogP contribution is -2.55. The van der Waals surface area contributed by atoms with Gasteiger partial charge in [-0.25, -0.2) is 4.79 Å². The summed E-state index contributed by atoms with van der Waals surface area (Å²) in [5.74, 6) is 0. The first-order valence-electron chi connectivity index (χ1n) is 12.9. The normalized spacial score (nSPS) is 19.3. The maximum atomic E-state index is 13.1. The van der Waals surface area contributed by atoms with Crippen molar-refractivity contribution in [2.24, 2.45) is 0 Å². The van der Waals surface area contributed by atoms with E-state index in [-0.39, 0.29) is 15.8 Å². The fourth-order valence-corrected chi connectivity index (χ4v) is 5.31. The third kappa shape index (κ3) is 7.54. The van der Waals surface area contributed by atoms with E-state index in [1.807, 2.05) is 48.2 Å². The highest BCUT2D eigenvalue weighted by molar-refractivity contribution is 6.24. The smallest absolute Gasteiger partial charge is 0.320 e. The SMILES string of the molecule is Cc1ccc(CNCC2(Cl)CCN(C(=O)N3CCC(Cl)(CNCc4ccc(C)cn4)CC3)CC2)nc1. The molecule has 0 aliphatic carbocycles. The van der Waals surface area contributed by atoms with Crippen LogP contribution in [0.4, 0.5) is 4.79 Å². The number of alkyl halides is 2. The molecule has 0 aromatic carbocycles. The van der Waals surface area contributed by atoms with E-state index in [2.05, 4.69) is 32.7 Å². The second-order valence-electron chi connectivity index (χ2n) is 10.4. The predicted octanol–water partition coefficient (Wildman–Crippen LogP) is 4.24. The van der Waals surface area contributed by atoms with Gasteiger partial charge < -0.3 is 20.4 Å². The summed E-state index contributed by atoms with van der Waals surface area (Å²) < 4.78 is 0. The molecule has 2 saturated heterocycles. The molecule has 196 valence electrons. The molecule has 0 bridgehead atoms. The third-order valence-electron chi connectivity index (χ3n) is 7.30. The Bertz CT molecular complexity index is 905. The summed E-state index contributed by atoms with van der Waals surface area (Å²) in [7, 11) is 0. The summed E-state index contributed by atoms with van der Waals surface area (Å²) in [4.78, 5) is 25.3. The molecule has 2 aromatic heterocycles. The highest BCUT2D eigenvalue weighted by atomic mass is 35.5. The van der Waals surface area contributed by atoms with Gasteiger partial charge in [-0.2, -0.15) is 0 Å². The Labute approximate surface area is 225 Å². The van der Waals surface area contributed by atoms with Crippen LogP contribution in [0.1, 0.15) is 48.2 Å². The zero-order chi connectivity index (χ0) is 25.6. The summed E-state index contributed by atoms with van der Waals surface area (Å²) in [6.45, 7) is 9.59. The maximum Gasteiger partial charge on any atom is 0.320 e. The van der Waals surface area contributed by atoms with Crippen molar-refractivity contribution in [2.45, 2.75) is 62.4 Å². The van der Waals surface area contributed by atoms with E-state index in [1.54, 1.807) is 0 Å². The third-order valence-corrected chi connectivity index (χ3v) is 8.32. The number of nitrogens with one attached hydrogen (secondary N) is 2. The van der Waals surface area contributed by atoms with Gasteiger partial charge in [0.25, 0.3) is 0 Å². The molecule has 0 spiro atoms. The van der Waals surface area contributed by atoms with Crippen LogP contribution >= 0.6 is 23.2 Å². The van der Waals surface area contributed by atoms with E-state index in [0.29, 0.717) is 52.4 Å². The molecule has 36 heavy (non-hydrogen) atoms. The van der Waals surface area contributed by atoms with Gasteiger partial charge in [0.1, 0.15) is 0 Å². The summed E-state index contributed by atoms with van der Waals surface area (Å²) >= 11 is 13.8. The van der Waals surface area contributed by atoms with Crippen molar-refractivity contribution in [3.05, 3.63) is 59.2 Å². The average molecular weight is 534 g/mol. The first-order chi connectivity index (χ1) is 17.2. The maximum absolute atomic E-state index is 13.1. The van der Waals surface area contributed by atoms with Crippen LogP contribution in [0.3, 0.4) is 0 Å². The Morgan fingerprint density at radius 2 is 1.17 bits per heavy atom. The Morgan fingerprint density at radius 3 is 1.50 bits per heavy atom. The van der Waals surface area contributed by atoms with Crippen molar-refractivity contribution in [3.8, 4) is 0 Å². The van der Waals surface area contributed by atoms with Crippen LogP contribution < -0.4 is 10.6 Å². The van der Waals surface area contributed by atoms with Crippen molar-refractivity contribution >= 4 is 29.2 Å². The van der Waals surface area contributed by atoms with Crippen molar-refractivity contribution in [2.75, 3.05) is 39.3 Å². The molecule has 9 heteroatoms. The van der Waals surface area contributed by atoms with Gasteiger partial charge in [-0.15, -0.1) is 23.2 Å². The number of aromatic nitrogens is 2. The van der Waals surface area contributed by atoms with E-state index in [0.717, 1.165) is 48.2 Å². The number of carbonyl (C=O) groups excluding carboxylic acids is 1. The largest absolute Gasteiger partial charge is 0.325 e. The van der Waals surface area contributed by atoms with Crippen LogP contribution in [0.25, 0.3) is 0 Å². The molecule has 2 aliphatic rings. The van der Waals surface area contributed by atoms with Crippen LogP contribution in [0.15, 0.2) is 36.7 Å². The Hall–Kier alpha value is -1.93. The minimum absolute atomic E-state index is 0.112. The molecule has 2 amide bonds. The number of carbonyl (C=O) groups is 1. The number of halogens is 2. The molecule has 4 rings (SSSR count). The second-order valence-corrected chi connectivity index (χ2v) is 12.0. The van der Waals surface area contributed by atoms with Gasteiger partial charge in [-0.05, 0) is 62.8 Å². The summed E-state index contributed by atoms with van der Waals surface area (Å²) in [6.07, 6.45) is 6.87. The molecule has 2 N–H and O–H groups in total. The van der Waals surface area contributed by atoms with Gasteiger partial charge in [-0.3, -0.25) is 9.97 Å². The summed E-state index contributed by atoms with van der Waals surface area (Å²) in [6, 6.07) is 8.32. The highest BCUT2D eigenvalue weighted by Gasteiger charge is 2.38. The van der Waals surface area contributed by atoms with Crippen LogP contribution in [0, 0.1) is 13.8 Å². The van der Waals surface area contributed by atoms with Gasteiger partial charge in [0, 0.05) is 64.8 Å². The number of hydrogen-bond donors (Lipinski definition) is 2. The minimum atomic E-state index is -0.327. The van der Waals surface area contributed by atoms with E-state index in [4.69, 9.17) is 23.2 Å². The van der Waals surface area contributed by atoms with E-state index < -0.39 is 0 Å². The lowest BCUT2D eigenvalue weighted by molar-refractivity contribution is 0.122. The van der Waals surface area contributed by atoms with E-state index >= 15 is 0 Å². The van der Waals surface area contributed by atoms with Crippen LogP contribution in [0.2, 0.25) is 0 Å². The number of rotatable bonds is 8. The molecule has 2 aromatic rings. The van der Waals surface area contributed by atoms with Crippen molar-refractivity contribution in [1.29, 1.82) is 0 Å². The molecule has 7 nitrogen and oxygen atoms in total. The van der Waals surface area contributed by atoms with Gasteiger partial charge in [-0.1, -0.05) is 12.1 Å². The summed E-state index contributed by atoms with van der Waals surface area (Å²) in [5, 5.41) is 6.89. The first kappa shape index (κ1) is 27.1. The van der Waals surface area contributed by atoms with E-state index in [1.165, 1.54) is 0 Å². The molecular formula is C27H38Cl2N6O. The fraction of sp³-hybridized carbons (Fsp3) is 0.593.